The van der Waals surface area contributed by atoms with Gasteiger partial charge in [0.2, 0.25) is 0 Å². The van der Waals surface area contributed by atoms with Crippen LogP contribution in [0.5, 0.6) is 5.75 Å². The molecule has 1 atom stereocenters. The van der Waals surface area contributed by atoms with E-state index < -0.39 is 0 Å². The van der Waals surface area contributed by atoms with E-state index in [2.05, 4.69) is 24.9 Å². The molecule has 1 rings (SSSR count). The summed E-state index contributed by atoms with van der Waals surface area (Å²) in [6.45, 7) is 10.6. The standard InChI is InChI=1S/C15H23NO2/c1-4-10-18-15-9-7-6-8-14(15)12-16-11-13(3)17-5-2/h4,6-9,13,16H,1,5,10-12H2,2-3H3. The molecule has 0 saturated carbocycles. The van der Waals surface area contributed by atoms with Crippen molar-refractivity contribution in [3.05, 3.63) is 42.5 Å². The van der Waals surface area contributed by atoms with Gasteiger partial charge in [0.05, 0.1) is 6.10 Å². The van der Waals surface area contributed by atoms with Gasteiger partial charge in [-0.15, -0.1) is 0 Å². The van der Waals surface area contributed by atoms with Crippen LogP contribution in [0, 0.1) is 0 Å². The molecule has 0 saturated heterocycles. The predicted octanol–water partition coefficient (Wildman–Crippen LogP) is 2.77. The Bertz CT molecular complexity index is 352. The molecule has 1 aromatic carbocycles. The molecule has 3 nitrogen and oxygen atoms in total. The lowest BCUT2D eigenvalue weighted by atomic mass is 10.2. The minimum Gasteiger partial charge on any atom is -0.489 e. The lowest BCUT2D eigenvalue weighted by molar-refractivity contribution is 0.0759. The molecular formula is C15H23NO2. The van der Waals surface area contributed by atoms with Crippen LogP contribution in [-0.2, 0) is 11.3 Å². The maximum absolute atomic E-state index is 5.60. The lowest BCUT2D eigenvalue weighted by Gasteiger charge is -2.14. The van der Waals surface area contributed by atoms with Crippen molar-refractivity contribution < 1.29 is 9.47 Å². The summed E-state index contributed by atoms with van der Waals surface area (Å²) >= 11 is 0. The first-order valence-electron chi connectivity index (χ1n) is 6.41. The van der Waals surface area contributed by atoms with Gasteiger partial charge in [-0.05, 0) is 19.9 Å². The third-order valence-electron chi connectivity index (χ3n) is 2.53. The second kappa shape index (κ2) is 8.72. The second-order valence-corrected chi connectivity index (χ2v) is 4.10. The van der Waals surface area contributed by atoms with E-state index in [1.165, 1.54) is 0 Å². The van der Waals surface area contributed by atoms with Crippen LogP contribution in [0.15, 0.2) is 36.9 Å². The van der Waals surface area contributed by atoms with E-state index in [1.807, 2.05) is 25.1 Å². The number of hydrogen-bond donors (Lipinski definition) is 1. The summed E-state index contributed by atoms with van der Waals surface area (Å²) in [5.41, 5.74) is 1.16. The fourth-order valence-electron chi connectivity index (χ4n) is 1.69. The van der Waals surface area contributed by atoms with Crippen LogP contribution in [0.25, 0.3) is 0 Å². The van der Waals surface area contributed by atoms with Crippen LogP contribution in [0.2, 0.25) is 0 Å². The average molecular weight is 249 g/mol. The molecule has 100 valence electrons. The van der Waals surface area contributed by atoms with Gasteiger partial charge in [0, 0.05) is 25.3 Å². The van der Waals surface area contributed by atoms with E-state index in [0.717, 1.165) is 31.0 Å². The van der Waals surface area contributed by atoms with Gasteiger partial charge in [-0.2, -0.15) is 0 Å². The first-order chi connectivity index (χ1) is 8.77. The van der Waals surface area contributed by atoms with Crippen molar-refractivity contribution in [3.8, 4) is 5.75 Å². The molecule has 18 heavy (non-hydrogen) atoms. The molecule has 0 fully saturated rings. The summed E-state index contributed by atoms with van der Waals surface area (Å²) in [7, 11) is 0. The number of benzene rings is 1. The summed E-state index contributed by atoms with van der Waals surface area (Å²) < 4.78 is 11.1. The van der Waals surface area contributed by atoms with Crippen LogP contribution in [-0.4, -0.2) is 25.9 Å². The molecule has 1 unspecified atom stereocenters. The van der Waals surface area contributed by atoms with E-state index in [4.69, 9.17) is 9.47 Å². The quantitative estimate of drug-likeness (QED) is 0.683. The van der Waals surface area contributed by atoms with Gasteiger partial charge >= 0.3 is 0 Å². The summed E-state index contributed by atoms with van der Waals surface area (Å²) in [6, 6.07) is 8.04. The summed E-state index contributed by atoms with van der Waals surface area (Å²) in [5, 5.41) is 3.37. The normalized spacial score (nSPS) is 12.1. The molecule has 0 radical (unpaired) electrons. The minimum absolute atomic E-state index is 0.233. The Labute approximate surface area is 110 Å². The Kier molecular flexibility index (Phi) is 7.14. The third kappa shape index (κ3) is 5.34. The molecule has 1 N–H and O–H groups in total. The molecule has 0 aliphatic rings. The summed E-state index contributed by atoms with van der Waals surface area (Å²) in [5.74, 6) is 0.911. The van der Waals surface area contributed by atoms with Crippen molar-refractivity contribution >= 4 is 0 Å². The molecule has 0 aromatic heterocycles. The van der Waals surface area contributed by atoms with Crippen LogP contribution in [0.1, 0.15) is 19.4 Å². The Morgan fingerprint density at radius 1 is 1.39 bits per heavy atom. The summed E-state index contributed by atoms with van der Waals surface area (Å²) in [6.07, 6.45) is 1.98. The number of hydrogen-bond acceptors (Lipinski definition) is 3. The van der Waals surface area contributed by atoms with Gasteiger partial charge in [-0.3, -0.25) is 0 Å². The summed E-state index contributed by atoms with van der Waals surface area (Å²) in [4.78, 5) is 0. The highest BCUT2D eigenvalue weighted by atomic mass is 16.5. The largest absolute Gasteiger partial charge is 0.489 e. The molecule has 0 heterocycles. The Morgan fingerprint density at radius 2 is 2.17 bits per heavy atom. The molecule has 1 aromatic rings. The zero-order chi connectivity index (χ0) is 13.2. The molecule has 0 bridgehead atoms. The maximum Gasteiger partial charge on any atom is 0.124 e. The highest BCUT2D eigenvalue weighted by Crippen LogP contribution is 2.17. The van der Waals surface area contributed by atoms with Gasteiger partial charge in [0.25, 0.3) is 0 Å². The highest BCUT2D eigenvalue weighted by molar-refractivity contribution is 5.33. The topological polar surface area (TPSA) is 30.5 Å². The van der Waals surface area contributed by atoms with Crippen molar-refractivity contribution in [1.82, 2.24) is 5.32 Å². The molecule has 0 spiro atoms. The molecule has 0 aliphatic heterocycles. The van der Waals surface area contributed by atoms with E-state index >= 15 is 0 Å². The van der Waals surface area contributed by atoms with E-state index in [-0.39, 0.29) is 6.10 Å². The second-order valence-electron chi connectivity index (χ2n) is 4.10. The third-order valence-corrected chi connectivity index (χ3v) is 2.53. The fraction of sp³-hybridized carbons (Fsp3) is 0.467. The zero-order valence-corrected chi connectivity index (χ0v) is 11.3. The van der Waals surface area contributed by atoms with Crippen LogP contribution < -0.4 is 10.1 Å². The van der Waals surface area contributed by atoms with E-state index in [9.17, 15) is 0 Å². The highest BCUT2D eigenvalue weighted by Gasteiger charge is 2.04. The minimum atomic E-state index is 0.233. The van der Waals surface area contributed by atoms with Crippen molar-refractivity contribution in [1.29, 1.82) is 0 Å². The Morgan fingerprint density at radius 3 is 2.89 bits per heavy atom. The molecule has 3 heteroatoms. The first-order valence-corrected chi connectivity index (χ1v) is 6.41. The molecule has 0 amide bonds. The first kappa shape index (κ1) is 14.7. The van der Waals surface area contributed by atoms with Crippen molar-refractivity contribution in [2.45, 2.75) is 26.5 Å². The smallest absolute Gasteiger partial charge is 0.124 e. The molecular weight excluding hydrogens is 226 g/mol. The number of ether oxygens (including phenoxy) is 2. The Balaban J connectivity index is 2.43. The van der Waals surface area contributed by atoms with Crippen molar-refractivity contribution in [2.75, 3.05) is 19.8 Å². The Hall–Kier alpha value is -1.32. The van der Waals surface area contributed by atoms with Crippen LogP contribution in [0.3, 0.4) is 0 Å². The monoisotopic (exact) mass is 249 g/mol. The number of rotatable bonds is 9. The lowest BCUT2D eigenvalue weighted by Crippen LogP contribution is -2.26. The van der Waals surface area contributed by atoms with Crippen molar-refractivity contribution in [2.24, 2.45) is 0 Å². The van der Waals surface area contributed by atoms with Gasteiger partial charge < -0.3 is 14.8 Å². The van der Waals surface area contributed by atoms with Gasteiger partial charge in [-0.1, -0.05) is 30.9 Å². The average Bonchev–Trinajstić information content (AvgIpc) is 2.38. The zero-order valence-electron chi connectivity index (χ0n) is 11.3. The van der Waals surface area contributed by atoms with E-state index in [0.29, 0.717) is 6.61 Å². The maximum atomic E-state index is 5.60. The van der Waals surface area contributed by atoms with E-state index in [1.54, 1.807) is 6.08 Å². The van der Waals surface area contributed by atoms with Crippen LogP contribution in [0.4, 0.5) is 0 Å². The predicted molar refractivity (Wildman–Crippen MR) is 74.9 cm³/mol. The fourth-order valence-corrected chi connectivity index (χ4v) is 1.69. The van der Waals surface area contributed by atoms with Crippen LogP contribution >= 0.6 is 0 Å². The van der Waals surface area contributed by atoms with Crippen molar-refractivity contribution in [3.63, 3.8) is 0 Å². The van der Waals surface area contributed by atoms with Gasteiger partial charge in [0.1, 0.15) is 12.4 Å². The SMILES string of the molecule is C=CCOc1ccccc1CNCC(C)OCC. The molecule has 0 aliphatic carbocycles. The van der Waals surface area contributed by atoms with Gasteiger partial charge in [-0.25, -0.2) is 0 Å². The number of para-hydroxylation sites is 1. The number of nitrogens with one attached hydrogen (secondary N) is 1. The van der Waals surface area contributed by atoms with Gasteiger partial charge in [0.15, 0.2) is 0 Å².